The quantitative estimate of drug-likeness (QED) is 0.201. The molecule has 0 saturated carbocycles. The van der Waals surface area contributed by atoms with Crippen LogP contribution < -0.4 is 4.74 Å². The van der Waals surface area contributed by atoms with Crippen LogP contribution in [0.1, 0.15) is 22.3 Å². The minimum Gasteiger partial charge on any atom is -0.464 e. The number of furan rings is 1. The summed E-state index contributed by atoms with van der Waals surface area (Å²) in [5.74, 6) is 3.44. The molecule has 1 aliphatic carbocycles. The largest absolute Gasteiger partial charge is 0.464 e. The van der Waals surface area contributed by atoms with E-state index in [2.05, 4.69) is 78.9 Å². The maximum atomic E-state index is 6.77. The Kier molecular flexibility index (Phi) is 5.43. The molecule has 10 rings (SSSR count). The van der Waals surface area contributed by atoms with Crippen molar-refractivity contribution < 1.29 is 9.15 Å². The molecule has 2 aromatic heterocycles. The molecule has 8 aromatic rings. The lowest BCUT2D eigenvalue weighted by atomic mass is 9.66. The number of aromatic nitrogens is 3. The molecular formula is C42H25N3O2. The van der Waals surface area contributed by atoms with Gasteiger partial charge in [0, 0.05) is 33.2 Å². The normalized spacial score (nSPS) is 15.5. The Morgan fingerprint density at radius 3 is 1.79 bits per heavy atom. The van der Waals surface area contributed by atoms with E-state index in [9.17, 15) is 0 Å². The average molecular weight is 604 g/mol. The van der Waals surface area contributed by atoms with Crippen LogP contribution in [0.4, 0.5) is 0 Å². The van der Waals surface area contributed by atoms with Crippen molar-refractivity contribution in [3.63, 3.8) is 0 Å². The van der Waals surface area contributed by atoms with E-state index < -0.39 is 5.41 Å². The van der Waals surface area contributed by atoms with Crippen LogP contribution in [0.3, 0.4) is 0 Å². The van der Waals surface area contributed by atoms with Gasteiger partial charge < -0.3 is 9.15 Å². The van der Waals surface area contributed by atoms with Gasteiger partial charge in [-0.25, -0.2) is 15.0 Å². The average Bonchev–Trinajstić information content (AvgIpc) is 3.74. The van der Waals surface area contributed by atoms with Crippen molar-refractivity contribution >= 4 is 11.0 Å². The summed E-state index contributed by atoms with van der Waals surface area (Å²) < 4.78 is 12.6. The maximum absolute atomic E-state index is 6.77. The number of rotatable bonds is 3. The summed E-state index contributed by atoms with van der Waals surface area (Å²) in [5.41, 5.74) is 10.1. The van der Waals surface area contributed by atoms with Crippen LogP contribution in [0.2, 0.25) is 0 Å². The van der Waals surface area contributed by atoms with Crippen molar-refractivity contribution in [2.24, 2.45) is 0 Å². The lowest BCUT2D eigenvalue weighted by molar-refractivity contribution is 0.436. The fourth-order valence-corrected chi connectivity index (χ4v) is 7.52. The number of benzene rings is 6. The van der Waals surface area contributed by atoms with Crippen molar-refractivity contribution in [3.8, 4) is 56.8 Å². The number of ether oxygens (including phenoxy) is 1. The Hall–Kier alpha value is -6.33. The molecule has 1 atom stereocenters. The molecule has 5 nitrogen and oxygen atoms in total. The summed E-state index contributed by atoms with van der Waals surface area (Å²) in [6.07, 6.45) is 1.78. The Morgan fingerprint density at radius 1 is 0.447 bits per heavy atom. The smallest absolute Gasteiger partial charge is 0.164 e. The predicted molar refractivity (Wildman–Crippen MR) is 183 cm³/mol. The molecule has 0 bridgehead atoms. The van der Waals surface area contributed by atoms with Gasteiger partial charge in [0.2, 0.25) is 0 Å². The van der Waals surface area contributed by atoms with Crippen molar-refractivity contribution in [1.29, 1.82) is 0 Å². The minimum absolute atomic E-state index is 0.580. The van der Waals surface area contributed by atoms with Gasteiger partial charge in [0.05, 0.1) is 11.7 Å². The van der Waals surface area contributed by atoms with Gasteiger partial charge in [-0.1, -0.05) is 121 Å². The molecule has 6 aromatic carbocycles. The third-order valence-electron chi connectivity index (χ3n) is 9.49. The van der Waals surface area contributed by atoms with E-state index in [1.165, 1.54) is 22.3 Å². The molecule has 0 saturated heterocycles. The van der Waals surface area contributed by atoms with Gasteiger partial charge >= 0.3 is 0 Å². The summed E-state index contributed by atoms with van der Waals surface area (Å²) in [6.45, 7) is 0. The third-order valence-corrected chi connectivity index (χ3v) is 9.49. The molecule has 47 heavy (non-hydrogen) atoms. The first-order valence-electron chi connectivity index (χ1n) is 15.7. The molecule has 0 fully saturated rings. The predicted octanol–water partition coefficient (Wildman–Crippen LogP) is 10.1. The highest BCUT2D eigenvalue weighted by Gasteiger charge is 2.51. The van der Waals surface area contributed by atoms with E-state index in [4.69, 9.17) is 24.1 Å². The molecule has 2 aliphatic rings. The summed E-state index contributed by atoms with van der Waals surface area (Å²) in [4.78, 5) is 14.9. The van der Waals surface area contributed by atoms with Crippen LogP contribution in [0, 0.1) is 0 Å². The van der Waals surface area contributed by atoms with Gasteiger partial charge in [-0.2, -0.15) is 0 Å². The molecule has 1 unspecified atom stereocenters. The van der Waals surface area contributed by atoms with Gasteiger partial charge in [0.15, 0.2) is 17.5 Å². The highest BCUT2D eigenvalue weighted by molar-refractivity contribution is 6.03. The maximum Gasteiger partial charge on any atom is 0.164 e. The minimum atomic E-state index is -0.580. The van der Waals surface area contributed by atoms with Gasteiger partial charge in [-0.3, -0.25) is 0 Å². The molecule has 1 aliphatic heterocycles. The summed E-state index contributed by atoms with van der Waals surface area (Å²) in [5, 5.41) is 1.11. The number of hydrogen-bond donors (Lipinski definition) is 0. The highest BCUT2D eigenvalue weighted by Crippen LogP contribution is 2.63. The Morgan fingerprint density at radius 2 is 1.04 bits per heavy atom. The number of nitrogens with zero attached hydrogens (tertiary/aromatic N) is 3. The molecule has 220 valence electrons. The zero-order valence-electron chi connectivity index (χ0n) is 25.1. The Balaban J connectivity index is 1.23. The van der Waals surface area contributed by atoms with Crippen LogP contribution in [-0.4, -0.2) is 15.0 Å². The third kappa shape index (κ3) is 3.68. The van der Waals surface area contributed by atoms with Crippen molar-refractivity contribution in [1.82, 2.24) is 15.0 Å². The Bertz CT molecular complexity index is 2450. The van der Waals surface area contributed by atoms with Crippen molar-refractivity contribution in [3.05, 3.63) is 174 Å². The lowest BCUT2D eigenvalue weighted by Crippen LogP contribution is -2.32. The molecule has 0 amide bonds. The first kappa shape index (κ1) is 25.9. The van der Waals surface area contributed by atoms with E-state index >= 15 is 0 Å². The fraction of sp³-hybridized carbons (Fsp3) is 0.0238. The first-order chi connectivity index (χ1) is 23.3. The van der Waals surface area contributed by atoms with Crippen molar-refractivity contribution in [2.45, 2.75) is 5.41 Å². The second kappa shape index (κ2) is 9.83. The summed E-state index contributed by atoms with van der Waals surface area (Å²) in [7, 11) is 0. The van der Waals surface area contributed by atoms with E-state index in [0.29, 0.717) is 17.5 Å². The van der Waals surface area contributed by atoms with Gasteiger partial charge in [0.25, 0.3) is 0 Å². The number of para-hydroxylation sites is 1. The first-order valence-corrected chi connectivity index (χ1v) is 15.7. The van der Waals surface area contributed by atoms with Crippen LogP contribution in [0.5, 0.6) is 11.5 Å². The zero-order chi connectivity index (χ0) is 31.0. The van der Waals surface area contributed by atoms with Gasteiger partial charge in [0.1, 0.15) is 17.1 Å². The fourth-order valence-electron chi connectivity index (χ4n) is 7.52. The van der Waals surface area contributed by atoms with Gasteiger partial charge in [-0.05, 0) is 46.5 Å². The van der Waals surface area contributed by atoms with Gasteiger partial charge in [-0.15, -0.1) is 0 Å². The number of fused-ring (bicyclic) bond motifs is 11. The van der Waals surface area contributed by atoms with Crippen LogP contribution in [0.15, 0.2) is 156 Å². The van der Waals surface area contributed by atoms with Crippen LogP contribution >= 0.6 is 0 Å². The highest BCUT2D eigenvalue weighted by atomic mass is 16.5. The standard InChI is InChI=1S/C42H25N3O2/c1-3-11-26(12-4-1)39-43-40(27-13-5-2-6-14-27)45-41(44-39)28-19-20-33-37(25-28)47-36-18-10-9-17-32(36)42(33)31-16-8-7-15-29(31)38-30-23-24-46-35(30)22-21-34(38)42/h1-25H. The molecule has 1 spiro atoms. The number of hydrogen-bond acceptors (Lipinski definition) is 5. The monoisotopic (exact) mass is 603 g/mol. The summed E-state index contributed by atoms with van der Waals surface area (Å²) >= 11 is 0. The second-order valence-corrected chi connectivity index (χ2v) is 12.0. The van der Waals surface area contributed by atoms with E-state index in [1.807, 2.05) is 66.7 Å². The molecule has 3 heterocycles. The molecular weight excluding hydrogens is 578 g/mol. The topological polar surface area (TPSA) is 61.0 Å². The molecule has 0 N–H and O–H groups in total. The van der Waals surface area contributed by atoms with E-state index in [1.54, 1.807) is 6.26 Å². The van der Waals surface area contributed by atoms with E-state index in [-0.39, 0.29) is 0 Å². The zero-order valence-corrected chi connectivity index (χ0v) is 25.1. The molecule has 0 radical (unpaired) electrons. The SMILES string of the molecule is c1ccc(-c2nc(-c3ccccc3)nc(-c3ccc4c(c3)Oc3ccccc3C43c4ccccc4-c4c3ccc3occc43)n2)cc1. The van der Waals surface area contributed by atoms with Crippen LogP contribution in [0.25, 0.3) is 56.3 Å². The van der Waals surface area contributed by atoms with Crippen molar-refractivity contribution in [2.75, 3.05) is 0 Å². The van der Waals surface area contributed by atoms with Crippen LogP contribution in [-0.2, 0) is 5.41 Å². The molecule has 5 heteroatoms. The second-order valence-electron chi connectivity index (χ2n) is 12.0. The Labute approximate surface area is 270 Å². The summed E-state index contributed by atoms with van der Waals surface area (Å²) in [6, 6.07) is 50.0. The van der Waals surface area contributed by atoms with E-state index in [0.717, 1.165) is 50.3 Å². The lowest BCUT2D eigenvalue weighted by Gasteiger charge is -2.39.